The molecule has 0 bridgehead atoms. The lowest BCUT2D eigenvalue weighted by atomic mass is 9.95. The molecule has 0 saturated heterocycles. The van der Waals surface area contributed by atoms with E-state index in [9.17, 15) is 0 Å². The first-order valence-corrected chi connectivity index (χ1v) is 5.86. The zero-order valence-electron chi connectivity index (χ0n) is 8.92. The van der Waals surface area contributed by atoms with Gasteiger partial charge in [-0.2, -0.15) is 0 Å². The quantitative estimate of drug-likeness (QED) is 0.707. The van der Waals surface area contributed by atoms with Gasteiger partial charge in [-0.3, -0.25) is 0 Å². The summed E-state index contributed by atoms with van der Waals surface area (Å²) in [6.45, 7) is 6.22. The first-order chi connectivity index (χ1) is 6.64. The van der Waals surface area contributed by atoms with Crippen LogP contribution in [0, 0.1) is 5.41 Å². The summed E-state index contributed by atoms with van der Waals surface area (Å²) in [5.41, 5.74) is -0.00451. The van der Waals surface area contributed by atoms with Crippen molar-refractivity contribution in [2.24, 2.45) is 5.41 Å². The predicted octanol–water partition coefficient (Wildman–Crippen LogP) is 1.90. The largest absolute Gasteiger partial charge is 0.396 e. The smallest absolute Gasteiger partial charge is 0.0494 e. The van der Waals surface area contributed by atoms with Crippen molar-refractivity contribution < 1.29 is 5.11 Å². The first kappa shape index (κ1) is 11.7. The van der Waals surface area contributed by atoms with Crippen LogP contribution in [-0.4, -0.2) is 24.8 Å². The summed E-state index contributed by atoms with van der Waals surface area (Å²) in [5.74, 6) is 0. The van der Waals surface area contributed by atoms with Gasteiger partial charge in [-0.15, -0.1) is 11.3 Å². The zero-order chi connectivity index (χ0) is 10.4. The summed E-state index contributed by atoms with van der Waals surface area (Å²) in [4.78, 5) is 1.42. The Labute approximate surface area is 90.0 Å². The molecular weight excluding hydrogens is 194 g/mol. The number of hydrogen-bond acceptors (Lipinski definition) is 3. The Hall–Kier alpha value is -0.380. The normalized spacial score (nSPS) is 11.9. The minimum atomic E-state index is -0.00451. The van der Waals surface area contributed by atoms with E-state index in [-0.39, 0.29) is 12.0 Å². The Morgan fingerprint density at radius 2 is 2.29 bits per heavy atom. The van der Waals surface area contributed by atoms with E-state index in [4.69, 9.17) is 5.11 Å². The number of hydrogen-bond donors (Lipinski definition) is 2. The lowest BCUT2D eigenvalue weighted by Gasteiger charge is -2.21. The number of rotatable bonds is 6. The van der Waals surface area contributed by atoms with Crippen LogP contribution < -0.4 is 5.32 Å². The summed E-state index contributed by atoms with van der Waals surface area (Å²) in [7, 11) is 0. The van der Waals surface area contributed by atoms with Gasteiger partial charge >= 0.3 is 0 Å². The zero-order valence-corrected chi connectivity index (χ0v) is 9.73. The summed E-state index contributed by atoms with van der Waals surface area (Å²) >= 11 is 1.80. The van der Waals surface area contributed by atoms with Crippen molar-refractivity contribution in [3.8, 4) is 0 Å². The van der Waals surface area contributed by atoms with Gasteiger partial charge in [0.15, 0.2) is 0 Å². The molecule has 0 radical (unpaired) electrons. The molecule has 0 aliphatic rings. The molecular formula is C11H19NOS. The molecule has 0 unspecified atom stereocenters. The van der Waals surface area contributed by atoms with E-state index in [2.05, 4.69) is 36.7 Å². The fourth-order valence-electron chi connectivity index (χ4n) is 1.15. The van der Waals surface area contributed by atoms with Crippen LogP contribution in [-0.2, 0) is 6.42 Å². The molecule has 0 aromatic carbocycles. The van der Waals surface area contributed by atoms with Gasteiger partial charge in [0.05, 0.1) is 0 Å². The molecule has 1 rings (SSSR count). The molecule has 0 aliphatic carbocycles. The topological polar surface area (TPSA) is 32.3 Å². The van der Waals surface area contributed by atoms with Crippen molar-refractivity contribution in [1.29, 1.82) is 0 Å². The molecule has 1 aromatic rings. The average molecular weight is 213 g/mol. The van der Waals surface area contributed by atoms with Gasteiger partial charge in [0.1, 0.15) is 0 Å². The van der Waals surface area contributed by atoms with Gasteiger partial charge in [0, 0.05) is 23.4 Å². The van der Waals surface area contributed by atoms with E-state index >= 15 is 0 Å². The lowest BCUT2D eigenvalue weighted by molar-refractivity contribution is 0.157. The highest BCUT2D eigenvalue weighted by Crippen LogP contribution is 2.12. The van der Waals surface area contributed by atoms with Crippen molar-refractivity contribution >= 4 is 11.3 Å². The summed E-state index contributed by atoms with van der Waals surface area (Å²) < 4.78 is 0. The molecule has 3 heteroatoms. The first-order valence-electron chi connectivity index (χ1n) is 4.98. The van der Waals surface area contributed by atoms with Gasteiger partial charge in [-0.05, 0) is 24.4 Å². The molecule has 14 heavy (non-hydrogen) atoms. The second-order valence-electron chi connectivity index (χ2n) is 4.33. The highest BCUT2D eigenvalue weighted by molar-refractivity contribution is 7.09. The van der Waals surface area contributed by atoms with E-state index in [0.717, 1.165) is 19.5 Å². The fourth-order valence-corrected chi connectivity index (χ4v) is 1.86. The molecule has 80 valence electrons. The molecule has 2 N–H and O–H groups in total. The van der Waals surface area contributed by atoms with Crippen molar-refractivity contribution in [3.05, 3.63) is 22.4 Å². The van der Waals surface area contributed by atoms with Crippen LogP contribution in [0.5, 0.6) is 0 Å². The van der Waals surface area contributed by atoms with Crippen LogP contribution in [0.15, 0.2) is 17.5 Å². The van der Waals surface area contributed by atoms with Crippen molar-refractivity contribution in [3.63, 3.8) is 0 Å². The second kappa shape index (κ2) is 5.49. The number of aliphatic hydroxyl groups is 1. The Bertz CT molecular complexity index is 244. The van der Waals surface area contributed by atoms with Crippen molar-refractivity contribution in [2.75, 3.05) is 19.7 Å². The second-order valence-corrected chi connectivity index (χ2v) is 5.36. The third kappa shape index (κ3) is 4.22. The van der Waals surface area contributed by atoms with E-state index in [1.54, 1.807) is 11.3 Å². The Kier molecular flexibility index (Phi) is 4.58. The molecule has 0 spiro atoms. The molecule has 1 heterocycles. The molecule has 0 amide bonds. The fraction of sp³-hybridized carbons (Fsp3) is 0.636. The Morgan fingerprint density at radius 1 is 1.50 bits per heavy atom. The molecule has 0 fully saturated rings. The minimum absolute atomic E-state index is 0.00451. The van der Waals surface area contributed by atoms with Crippen molar-refractivity contribution in [2.45, 2.75) is 20.3 Å². The number of aliphatic hydroxyl groups excluding tert-OH is 1. The molecule has 1 aromatic heterocycles. The molecule has 0 saturated carbocycles. The van der Waals surface area contributed by atoms with E-state index in [1.807, 2.05) is 0 Å². The maximum atomic E-state index is 9.04. The summed E-state index contributed by atoms with van der Waals surface area (Å²) in [5, 5.41) is 14.5. The highest BCUT2D eigenvalue weighted by Gasteiger charge is 2.14. The molecule has 0 aliphatic heterocycles. The SMILES string of the molecule is CC(C)(CO)CNCCc1cccs1. The van der Waals surface area contributed by atoms with Gasteiger partial charge in [-0.25, -0.2) is 0 Å². The van der Waals surface area contributed by atoms with E-state index in [1.165, 1.54) is 4.88 Å². The third-order valence-corrected chi connectivity index (χ3v) is 3.10. The molecule has 2 nitrogen and oxygen atoms in total. The summed E-state index contributed by atoms with van der Waals surface area (Å²) in [6.07, 6.45) is 1.08. The third-order valence-electron chi connectivity index (χ3n) is 2.16. The maximum Gasteiger partial charge on any atom is 0.0494 e. The van der Waals surface area contributed by atoms with Gasteiger partial charge in [0.25, 0.3) is 0 Å². The minimum Gasteiger partial charge on any atom is -0.396 e. The van der Waals surface area contributed by atoms with Crippen LogP contribution in [0.2, 0.25) is 0 Å². The van der Waals surface area contributed by atoms with E-state index in [0.29, 0.717) is 0 Å². The average Bonchev–Trinajstić information content (AvgIpc) is 2.65. The van der Waals surface area contributed by atoms with Crippen LogP contribution in [0.25, 0.3) is 0 Å². The van der Waals surface area contributed by atoms with Gasteiger partial charge in [0.2, 0.25) is 0 Å². The van der Waals surface area contributed by atoms with Crippen LogP contribution in [0.1, 0.15) is 18.7 Å². The maximum absolute atomic E-state index is 9.04. The predicted molar refractivity (Wildman–Crippen MR) is 61.8 cm³/mol. The van der Waals surface area contributed by atoms with Crippen LogP contribution in [0.4, 0.5) is 0 Å². The number of nitrogens with one attached hydrogen (secondary N) is 1. The molecule has 0 atom stereocenters. The van der Waals surface area contributed by atoms with Crippen LogP contribution in [0.3, 0.4) is 0 Å². The highest BCUT2D eigenvalue weighted by atomic mass is 32.1. The summed E-state index contributed by atoms with van der Waals surface area (Å²) in [6, 6.07) is 4.24. The van der Waals surface area contributed by atoms with Gasteiger partial charge < -0.3 is 10.4 Å². The van der Waals surface area contributed by atoms with Crippen molar-refractivity contribution in [1.82, 2.24) is 5.32 Å². The monoisotopic (exact) mass is 213 g/mol. The Balaban J connectivity index is 2.11. The van der Waals surface area contributed by atoms with E-state index < -0.39 is 0 Å². The van der Waals surface area contributed by atoms with Crippen LogP contribution >= 0.6 is 11.3 Å². The van der Waals surface area contributed by atoms with Gasteiger partial charge in [-0.1, -0.05) is 19.9 Å². The lowest BCUT2D eigenvalue weighted by Crippen LogP contribution is -2.33. The number of thiophene rings is 1. The Morgan fingerprint density at radius 3 is 2.86 bits per heavy atom. The standard InChI is InChI=1S/C11H19NOS/c1-11(2,9-13)8-12-6-5-10-4-3-7-14-10/h3-4,7,12-13H,5-6,8-9H2,1-2H3.